The number of hydrogen-bond acceptors (Lipinski definition) is 4. The molecule has 138 valence electrons. The Bertz CT molecular complexity index is 720. The van der Waals surface area contributed by atoms with Gasteiger partial charge in [0.1, 0.15) is 0 Å². The molecule has 5 nitrogen and oxygen atoms in total. The molecule has 1 aliphatic carbocycles. The third-order valence-corrected chi connectivity index (χ3v) is 6.57. The summed E-state index contributed by atoms with van der Waals surface area (Å²) in [5.74, 6) is 0.319. The fourth-order valence-electron chi connectivity index (χ4n) is 5.07. The minimum absolute atomic E-state index is 0.185. The van der Waals surface area contributed by atoms with Crippen LogP contribution in [0.3, 0.4) is 0 Å². The van der Waals surface area contributed by atoms with E-state index in [2.05, 4.69) is 15.9 Å². The second-order valence-corrected chi connectivity index (χ2v) is 8.18. The van der Waals surface area contributed by atoms with Gasteiger partial charge in [0.25, 0.3) is 0 Å². The summed E-state index contributed by atoms with van der Waals surface area (Å²) < 4.78 is 0. The summed E-state index contributed by atoms with van der Waals surface area (Å²) in [5.41, 5.74) is 1.45. The van der Waals surface area contributed by atoms with Crippen molar-refractivity contribution in [1.29, 1.82) is 5.26 Å². The van der Waals surface area contributed by atoms with Gasteiger partial charge in [-0.15, -0.1) is 0 Å². The zero-order valence-electron chi connectivity index (χ0n) is 15.2. The molecule has 0 radical (unpaired) electrons. The first-order chi connectivity index (χ1) is 12.6. The lowest BCUT2D eigenvalue weighted by Gasteiger charge is -2.41. The number of nitrogens with zero attached hydrogens (tertiary/aromatic N) is 3. The van der Waals surface area contributed by atoms with Crippen LogP contribution in [0.25, 0.3) is 0 Å². The smallest absolute Gasteiger partial charge is 0.230 e. The molecular formula is C21H27N3O2. The van der Waals surface area contributed by atoms with Crippen LogP contribution in [-0.4, -0.2) is 47.7 Å². The number of piperidine rings is 1. The van der Waals surface area contributed by atoms with Crippen LogP contribution in [0.1, 0.15) is 50.5 Å². The number of aliphatic hydroxyl groups is 1. The third-order valence-electron chi connectivity index (χ3n) is 6.57. The Kier molecular flexibility index (Phi) is 4.62. The number of rotatable bonds is 2. The van der Waals surface area contributed by atoms with Crippen molar-refractivity contribution in [3.63, 3.8) is 0 Å². The predicted octanol–water partition coefficient (Wildman–Crippen LogP) is 2.68. The monoisotopic (exact) mass is 353 g/mol. The maximum absolute atomic E-state index is 13.3. The second-order valence-electron chi connectivity index (χ2n) is 8.18. The van der Waals surface area contributed by atoms with Gasteiger partial charge in [-0.2, -0.15) is 5.26 Å². The first-order valence-corrected chi connectivity index (χ1v) is 9.86. The van der Waals surface area contributed by atoms with Gasteiger partial charge >= 0.3 is 0 Å². The first kappa shape index (κ1) is 17.4. The number of carbonyl (C=O) groups is 1. The van der Waals surface area contributed by atoms with Crippen LogP contribution in [0, 0.1) is 16.7 Å². The van der Waals surface area contributed by atoms with Crippen LogP contribution >= 0.6 is 0 Å². The number of carbonyl (C=O) groups excluding carboxylic acids is 1. The van der Waals surface area contributed by atoms with Crippen LogP contribution in [0.15, 0.2) is 24.3 Å². The molecule has 0 unspecified atom stereocenters. The number of anilines is 1. The largest absolute Gasteiger partial charge is 0.393 e. The van der Waals surface area contributed by atoms with E-state index in [4.69, 9.17) is 5.26 Å². The molecule has 1 spiro atoms. The number of amides is 1. The molecule has 0 aromatic heterocycles. The zero-order valence-corrected chi connectivity index (χ0v) is 15.2. The van der Waals surface area contributed by atoms with E-state index in [1.807, 2.05) is 24.3 Å². The summed E-state index contributed by atoms with van der Waals surface area (Å²) in [7, 11) is 0. The van der Waals surface area contributed by atoms with Crippen LogP contribution in [0.4, 0.5) is 5.69 Å². The molecule has 1 aromatic rings. The Morgan fingerprint density at radius 3 is 2.73 bits per heavy atom. The number of nitriles is 1. The van der Waals surface area contributed by atoms with Crippen LogP contribution in [0.2, 0.25) is 0 Å². The van der Waals surface area contributed by atoms with Gasteiger partial charge in [-0.3, -0.25) is 4.79 Å². The van der Waals surface area contributed by atoms with Crippen molar-refractivity contribution >= 4 is 11.6 Å². The number of aliphatic hydroxyl groups excluding tert-OH is 1. The number of likely N-dealkylation sites (tertiary alicyclic amines) is 1. The third kappa shape index (κ3) is 3.07. The maximum atomic E-state index is 13.3. The number of benzene rings is 1. The van der Waals surface area contributed by atoms with Crippen molar-refractivity contribution in [2.24, 2.45) is 5.41 Å². The Morgan fingerprint density at radius 2 is 1.96 bits per heavy atom. The lowest BCUT2D eigenvalue weighted by Crippen LogP contribution is -2.50. The molecule has 2 heterocycles. The van der Waals surface area contributed by atoms with Crippen molar-refractivity contribution in [3.05, 3.63) is 29.8 Å². The lowest BCUT2D eigenvalue weighted by molar-refractivity contribution is -0.139. The summed E-state index contributed by atoms with van der Waals surface area (Å²) in [4.78, 5) is 17.7. The molecule has 2 aliphatic heterocycles. The lowest BCUT2D eigenvalue weighted by atomic mass is 9.78. The fourth-order valence-corrected chi connectivity index (χ4v) is 5.07. The van der Waals surface area contributed by atoms with Gasteiger partial charge in [-0.25, -0.2) is 0 Å². The molecule has 1 N–H and O–H groups in total. The van der Waals surface area contributed by atoms with E-state index in [1.165, 1.54) is 0 Å². The summed E-state index contributed by atoms with van der Waals surface area (Å²) in [6.07, 6.45) is 6.21. The van der Waals surface area contributed by atoms with E-state index in [-0.39, 0.29) is 11.5 Å². The SMILES string of the molecule is N#Cc1cccc(N2CCC[C@]3(CCN([C@H]4CC[C@H](O)CC4)C3=O)C2)c1. The summed E-state index contributed by atoms with van der Waals surface area (Å²) in [6, 6.07) is 10.2. The minimum atomic E-state index is -0.267. The Hall–Kier alpha value is -2.06. The molecule has 4 rings (SSSR count). The fraction of sp³-hybridized carbons (Fsp3) is 0.619. The van der Waals surface area contributed by atoms with E-state index >= 15 is 0 Å². The van der Waals surface area contributed by atoms with Crippen LogP contribution in [0.5, 0.6) is 0 Å². The van der Waals surface area contributed by atoms with E-state index in [0.717, 1.165) is 70.3 Å². The predicted molar refractivity (Wildman–Crippen MR) is 99.6 cm³/mol. The molecule has 1 amide bonds. The molecule has 1 atom stereocenters. The number of hydrogen-bond donors (Lipinski definition) is 1. The molecule has 26 heavy (non-hydrogen) atoms. The molecule has 3 fully saturated rings. The summed E-state index contributed by atoms with van der Waals surface area (Å²) in [5, 5.41) is 18.9. The highest BCUT2D eigenvalue weighted by molar-refractivity contribution is 5.86. The van der Waals surface area contributed by atoms with Gasteiger partial charge < -0.3 is 14.9 Å². The average molecular weight is 353 g/mol. The molecule has 3 aliphatic rings. The quantitative estimate of drug-likeness (QED) is 0.888. The first-order valence-electron chi connectivity index (χ1n) is 9.86. The molecule has 1 aromatic carbocycles. The Labute approximate surface area is 155 Å². The highest BCUT2D eigenvalue weighted by Gasteiger charge is 2.50. The van der Waals surface area contributed by atoms with Crippen molar-refractivity contribution in [2.45, 2.75) is 57.1 Å². The van der Waals surface area contributed by atoms with Gasteiger partial charge in [0.15, 0.2) is 0 Å². The van der Waals surface area contributed by atoms with Crippen molar-refractivity contribution in [2.75, 3.05) is 24.5 Å². The zero-order chi connectivity index (χ0) is 18.1. The normalized spacial score (nSPS) is 32.1. The van der Waals surface area contributed by atoms with Gasteiger partial charge in [0, 0.05) is 31.4 Å². The van der Waals surface area contributed by atoms with Gasteiger partial charge in [0.2, 0.25) is 5.91 Å². The second kappa shape index (κ2) is 6.92. The van der Waals surface area contributed by atoms with Crippen LogP contribution in [-0.2, 0) is 4.79 Å². The van der Waals surface area contributed by atoms with Crippen molar-refractivity contribution in [1.82, 2.24) is 4.90 Å². The standard InChI is InChI=1S/C21H27N3O2/c22-14-16-3-1-4-18(13-16)23-11-2-9-21(15-23)10-12-24(20(21)26)17-5-7-19(25)8-6-17/h1,3-4,13,17,19,25H,2,5-12,15H2/t17-,19-,21-/m0/s1. The van der Waals surface area contributed by atoms with Gasteiger partial charge in [0.05, 0.1) is 23.2 Å². The molecular weight excluding hydrogens is 326 g/mol. The summed E-state index contributed by atoms with van der Waals surface area (Å²) >= 11 is 0. The van der Waals surface area contributed by atoms with E-state index in [0.29, 0.717) is 17.5 Å². The molecule has 1 saturated carbocycles. The van der Waals surface area contributed by atoms with E-state index in [9.17, 15) is 9.90 Å². The van der Waals surface area contributed by atoms with Crippen molar-refractivity contribution in [3.8, 4) is 6.07 Å². The highest BCUT2D eigenvalue weighted by Crippen LogP contribution is 2.43. The van der Waals surface area contributed by atoms with E-state index < -0.39 is 0 Å². The average Bonchev–Trinajstić information content (AvgIpc) is 2.98. The van der Waals surface area contributed by atoms with Crippen LogP contribution < -0.4 is 4.90 Å². The molecule has 5 heteroatoms. The molecule has 2 saturated heterocycles. The molecule has 0 bridgehead atoms. The highest BCUT2D eigenvalue weighted by atomic mass is 16.3. The minimum Gasteiger partial charge on any atom is -0.393 e. The van der Waals surface area contributed by atoms with E-state index in [1.54, 1.807) is 0 Å². The van der Waals surface area contributed by atoms with Gasteiger partial charge in [-0.1, -0.05) is 6.07 Å². The topological polar surface area (TPSA) is 67.6 Å². The van der Waals surface area contributed by atoms with Gasteiger partial charge in [-0.05, 0) is 63.1 Å². The summed E-state index contributed by atoms with van der Waals surface area (Å²) in [6.45, 7) is 2.55. The van der Waals surface area contributed by atoms with Crippen molar-refractivity contribution < 1.29 is 9.90 Å². The Morgan fingerprint density at radius 1 is 1.15 bits per heavy atom. The maximum Gasteiger partial charge on any atom is 0.230 e. The Balaban J connectivity index is 1.50.